The van der Waals surface area contributed by atoms with Crippen LogP contribution in [0.3, 0.4) is 0 Å². The number of esters is 1. The van der Waals surface area contributed by atoms with E-state index < -0.39 is 23.4 Å². The maximum absolute atomic E-state index is 12.4. The van der Waals surface area contributed by atoms with Crippen LogP contribution in [0.2, 0.25) is 0 Å². The molecule has 0 fully saturated rings. The Bertz CT molecular complexity index is 1430. The normalized spacial score (nSPS) is 10.7. The molecule has 4 aromatic rings. The van der Waals surface area contributed by atoms with Crippen molar-refractivity contribution in [1.82, 2.24) is 9.55 Å². The Hall–Kier alpha value is -4.73. The van der Waals surface area contributed by atoms with Gasteiger partial charge in [-0.2, -0.15) is 0 Å². The molecule has 184 valence electrons. The standard InChI is InChI=1S/C26H24N4O6/c1-17-14-22(30(33)34)23(35-2)15-20(17)28-25(31)16-36-26(32)13-12-24-27-19-10-6-7-11-21(19)29(24)18-8-4-3-5-9-18/h3-11,14-15H,12-13,16H2,1-2H3,(H,28,31). The summed E-state index contributed by atoms with van der Waals surface area (Å²) in [5.41, 5.74) is 3.28. The zero-order valence-electron chi connectivity index (χ0n) is 19.8. The summed E-state index contributed by atoms with van der Waals surface area (Å²) in [6.45, 7) is 1.12. The Morgan fingerprint density at radius 2 is 1.81 bits per heavy atom. The van der Waals surface area contributed by atoms with Crippen molar-refractivity contribution in [3.05, 3.63) is 88.2 Å². The first-order chi connectivity index (χ1) is 17.4. The number of carbonyl (C=O) groups is 2. The molecular weight excluding hydrogens is 464 g/mol. The van der Waals surface area contributed by atoms with Gasteiger partial charge >= 0.3 is 11.7 Å². The van der Waals surface area contributed by atoms with Crippen molar-refractivity contribution in [2.24, 2.45) is 0 Å². The van der Waals surface area contributed by atoms with Crippen molar-refractivity contribution in [2.45, 2.75) is 19.8 Å². The van der Waals surface area contributed by atoms with Crippen LogP contribution in [0.5, 0.6) is 5.75 Å². The van der Waals surface area contributed by atoms with Crippen LogP contribution < -0.4 is 10.1 Å². The van der Waals surface area contributed by atoms with E-state index in [1.165, 1.54) is 19.2 Å². The highest BCUT2D eigenvalue weighted by Gasteiger charge is 2.19. The van der Waals surface area contributed by atoms with Crippen LogP contribution >= 0.6 is 0 Å². The molecule has 0 radical (unpaired) electrons. The Morgan fingerprint density at radius 1 is 1.08 bits per heavy atom. The summed E-state index contributed by atoms with van der Waals surface area (Å²) in [4.78, 5) is 40.0. The van der Waals surface area contributed by atoms with E-state index in [2.05, 4.69) is 10.3 Å². The second-order valence-corrected chi connectivity index (χ2v) is 7.99. The monoisotopic (exact) mass is 488 g/mol. The number of carbonyl (C=O) groups excluding carboxylic acids is 2. The minimum Gasteiger partial charge on any atom is -0.490 e. The van der Waals surface area contributed by atoms with E-state index in [0.29, 0.717) is 23.5 Å². The molecule has 0 aliphatic carbocycles. The summed E-state index contributed by atoms with van der Waals surface area (Å²) < 4.78 is 12.2. The van der Waals surface area contributed by atoms with Gasteiger partial charge in [0.2, 0.25) is 0 Å². The van der Waals surface area contributed by atoms with Crippen LogP contribution in [0.1, 0.15) is 17.8 Å². The second-order valence-electron chi connectivity index (χ2n) is 7.99. The van der Waals surface area contributed by atoms with Crippen molar-refractivity contribution in [1.29, 1.82) is 0 Å². The lowest BCUT2D eigenvalue weighted by atomic mass is 10.1. The van der Waals surface area contributed by atoms with Gasteiger partial charge in [0.15, 0.2) is 12.4 Å². The molecular formula is C26H24N4O6. The highest BCUT2D eigenvalue weighted by atomic mass is 16.6. The van der Waals surface area contributed by atoms with Gasteiger partial charge in [-0.3, -0.25) is 24.3 Å². The predicted octanol–water partition coefficient (Wildman–Crippen LogP) is 4.37. The van der Waals surface area contributed by atoms with Gasteiger partial charge in [0.1, 0.15) is 5.82 Å². The fraction of sp³-hybridized carbons (Fsp3) is 0.192. The molecule has 1 heterocycles. The average molecular weight is 489 g/mol. The lowest BCUT2D eigenvalue weighted by Gasteiger charge is -2.11. The quantitative estimate of drug-likeness (QED) is 0.211. The number of imidazole rings is 1. The van der Waals surface area contributed by atoms with Crippen molar-refractivity contribution in [3.8, 4) is 11.4 Å². The maximum atomic E-state index is 12.4. The van der Waals surface area contributed by atoms with Crippen LogP contribution in [0.15, 0.2) is 66.7 Å². The SMILES string of the molecule is COc1cc(NC(=O)COC(=O)CCc2nc3ccccc3n2-c2ccccc2)c(C)cc1[N+](=O)[O-]. The predicted molar refractivity (Wildman–Crippen MR) is 133 cm³/mol. The van der Waals surface area contributed by atoms with Gasteiger partial charge in [-0.1, -0.05) is 30.3 Å². The minimum atomic E-state index is -0.570. The third-order valence-corrected chi connectivity index (χ3v) is 5.56. The number of rotatable bonds is 9. The number of nitrogens with one attached hydrogen (secondary N) is 1. The molecule has 0 bridgehead atoms. The number of nitro benzene ring substituents is 1. The summed E-state index contributed by atoms with van der Waals surface area (Å²) in [6, 6.07) is 20.1. The van der Waals surface area contributed by atoms with Crippen LogP contribution in [0.4, 0.5) is 11.4 Å². The molecule has 1 aromatic heterocycles. The zero-order valence-corrected chi connectivity index (χ0v) is 19.8. The first-order valence-corrected chi connectivity index (χ1v) is 11.2. The Labute approximate surface area is 206 Å². The molecule has 0 spiro atoms. The number of aromatic nitrogens is 2. The number of hydrogen-bond donors (Lipinski definition) is 1. The van der Waals surface area contributed by atoms with Gasteiger partial charge in [-0.15, -0.1) is 0 Å². The number of aryl methyl sites for hydroxylation is 2. The van der Waals surface area contributed by atoms with E-state index in [1.807, 2.05) is 59.2 Å². The molecule has 0 atom stereocenters. The number of benzene rings is 3. The van der Waals surface area contributed by atoms with Gasteiger partial charge in [0.05, 0.1) is 29.5 Å². The number of hydrogen-bond acceptors (Lipinski definition) is 7. The van der Waals surface area contributed by atoms with E-state index in [-0.39, 0.29) is 17.9 Å². The molecule has 0 unspecified atom stereocenters. The first kappa shape index (κ1) is 24.4. The fourth-order valence-corrected chi connectivity index (χ4v) is 3.84. The number of ether oxygens (including phenoxy) is 2. The largest absolute Gasteiger partial charge is 0.490 e. The van der Waals surface area contributed by atoms with E-state index in [9.17, 15) is 19.7 Å². The van der Waals surface area contributed by atoms with Gasteiger partial charge < -0.3 is 14.8 Å². The van der Waals surface area contributed by atoms with Crippen LogP contribution in [0.25, 0.3) is 16.7 Å². The van der Waals surface area contributed by atoms with E-state index >= 15 is 0 Å². The number of para-hydroxylation sites is 3. The van der Waals surface area contributed by atoms with Gasteiger partial charge in [0.25, 0.3) is 5.91 Å². The number of nitrogens with zero attached hydrogens (tertiary/aromatic N) is 3. The van der Waals surface area contributed by atoms with Crippen LogP contribution in [-0.2, 0) is 20.7 Å². The summed E-state index contributed by atoms with van der Waals surface area (Å²) in [5, 5.41) is 13.7. The molecule has 0 aliphatic rings. The smallest absolute Gasteiger partial charge is 0.311 e. The van der Waals surface area contributed by atoms with E-state index in [4.69, 9.17) is 9.47 Å². The second kappa shape index (κ2) is 10.7. The van der Waals surface area contributed by atoms with Crippen molar-refractivity contribution in [2.75, 3.05) is 19.0 Å². The number of nitro groups is 1. The molecule has 1 amide bonds. The highest BCUT2D eigenvalue weighted by Crippen LogP contribution is 2.32. The van der Waals surface area contributed by atoms with Gasteiger partial charge in [-0.25, -0.2) is 4.98 Å². The Balaban J connectivity index is 1.38. The van der Waals surface area contributed by atoms with Gasteiger partial charge in [0, 0.05) is 29.9 Å². The molecule has 4 rings (SSSR count). The Morgan fingerprint density at radius 3 is 2.53 bits per heavy atom. The molecule has 10 heteroatoms. The van der Waals surface area contributed by atoms with Crippen molar-refractivity contribution in [3.63, 3.8) is 0 Å². The van der Waals surface area contributed by atoms with E-state index in [0.717, 1.165) is 16.7 Å². The first-order valence-electron chi connectivity index (χ1n) is 11.2. The van der Waals surface area contributed by atoms with Crippen LogP contribution in [0, 0.1) is 17.0 Å². The van der Waals surface area contributed by atoms with Gasteiger partial charge in [-0.05, 0) is 36.8 Å². The number of amides is 1. The topological polar surface area (TPSA) is 126 Å². The third kappa shape index (κ3) is 5.33. The lowest BCUT2D eigenvalue weighted by Crippen LogP contribution is -2.21. The summed E-state index contributed by atoms with van der Waals surface area (Å²) in [5.74, 6) is -0.398. The highest BCUT2D eigenvalue weighted by molar-refractivity contribution is 5.94. The summed E-state index contributed by atoms with van der Waals surface area (Å²) in [7, 11) is 1.30. The molecule has 0 saturated carbocycles. The zero-order chi connectivity index (χ0) is 25.7. The number of methoxy groups -OCH3 is 1. The number of anilines is 1. The summed E-state index contributed by atoms with van der Waals surface area (Å²) in [6.07, 6.45) is 0.358. The lowest BCUT2D eigenvalue weighted by molar-refractivity contribution is -0.385. The van der Waals surface area contributed by atoms with Crippen molar-refractivity contribution < 1.29 is 24.0 Å². The average Bonchev–Trinajstić information content (AvgIpc) is 3.26. The van der Waals surface area contributed by atoms with Crippen molar-refractivity contribution >= 4 is 34.3 Å². The third-order valence-electron chi connectivity index (χ3n) is 5.56. The summed E-state index contributed by atoms with van der Waals surface area (Å²) >= 11 is 0. The molecule has 1 N–H and O–H groups in total. The number of fused-ring (bicyclic) bond motifs is 1. The maximum Gasteiger partial charge on any atom is 0.311 e. The molecule has 0 saturated heterocycles. The van der Waals surface area contributed by atoms with Crippen LogP contribution in [-0.4, -0.2) is 40.1 Å². The molecule has 10 nitrogen and oxygen atoms in total. The molecule has 36 heavy (non-hydrogen) atoms. The molecule has 3 aromatic carbocycles. The van der Waals surface area contributed by atoms with E-state index in [1.54, 1.807) is 6.92 Å². The Kier molecular flexibility index (Phi) is 7.24. The minimum absolute atomic E-state index is 0.0131. The fourth-order valence-electron chi connectivity index (χ4n) is 3.84. The molecule has 0 aliphatic heterocycles.